The minimum absolute atomic E-state index is 0.252. The summed E-state index contributed by atoms with van der Waals surface area (Å²) in [6.07, 6.45) is 1.73. The fraction of sp³-hybridized carbons (Fsp3) is 0.167. The van der Waals surface area contributed by atoms with E-state index < -0.39 is 0 Å². The molecule has 0 spiro atoms. The van der Waals surface area contributed by atoms with Crippen LogP contribution in [0.2, 0.25) is 0 Å². The number of benzene rings is 1. The van der Waals surface area contributed by atoms with Gasteiger partial charge < -0.3 is 4.74 Å². The van der Waals surface area contributed by atoms with Crippen molar-refractivity contribution in [2.45, 2.75) is 13.5 Å². The first-order chi connectivity index (χ1) is 7.66. The van der Waals surface area contributed by atoms with Crippen LogP contribution in [0.5, 0.6) is 0 Å². The Kier molecular flexibility index (Phi) is 3.19. The van der Waals surface area contributed by atoms with Gasteiger partial charge in [0, 0.05) is 28.5 Å². The molecule has 0 atom stereocenters. The lowest BCUT2D eigenvalue weighted by Gasteiger charge is -2.06. The van der Waals surface area contributed by atoms with E-state index in [1.54, 1.807) is 6.20 Å². The van der Waals surface area contributed by atoms with Gasteiger partial charge in [-0.1, -0.05) is 22.0 Å². The number of pyridine rings is 1. The highest BCUT2D eigenvalue weighted by atomic mass is 79.9. The molecule has 1 aromatic carbocycles. The molecule has 0 saturated carbocycles. The van der Waals surface area contributed by atoms with E-state index in [2.05, 4.69) is 20.9 Å². The summed E-state index contributed by atoms with van der Waals surface area (Å²) >= 11 is 3.42. The molecule has 0 amide bonds. The second-order valence-corrected chi connectivity index (χ2v) is 4.34. The minimum atomic E-state index is -0.288. The smallest absolute Gasteiger partial charge is 0.302 e. The highest BCUT2D eigenvalue weighted by Gasteiger charge is 2.05. The van der Waals surface area contributed by atoms with Gasteiger partial charge in [0.2, 0.25) is 0 Å². The Labute approximate surface area is 102 Å². The third-order valence-corrected chi connectivity index (χ3v) is 2.64. The highest BCUT2D eigenvalue weighted by molar-refractivity contribution is 9.10. The van der Waals surface area contributed by atoms with Gasteiger partial charge in [-0.3, -0.25) is 9.78 Å². The second-order valence-electron chi connectivity index (χ2n) is 3.42. The molecule has 4 heteroatoms. The molecule has 82 valence electrons. The second kappa shape index (κ2) is 4.61. The van der Waals surface area contributed by atoms with Gasteiger partial charge >= 0.3 is 5.97 Å². The molecule has 2 rings (SSSR count). The van der Waals surface area contributed by atoms with E-state index in [4.69, 9.17) is 4.74 Å². The predicted octanol–water partition coefficient (Wildman–Crippen LogP) is 3.06. The van der Waals surface area contributed by atoms with Gasteiger partial charge in [0.15, 0.2) is 0 Å². The van der Waals surface area contributed by atoms with Gasteiger partial charge in [-0.05, 0) is 18.2 Å². The molecule has 0 radical (unpaired) electrons. The predicted molar refractivity (Wildman–Crippen MR) is 64.9 cm³/mol. The van der Waals surface area contributed by atoms with Gasteiger partial charge in [-0.15, -0.1) is 0 Å². The normalized spacial score (nSPS) is 10.4. The average molecular weight is 280 g/mol. The van der Waals surface area contributed by atoms with Crippen LogP contribution in [-0.4, -0.2) is 11.0 Å². The number of fused-ring (bicyclic) bond motifs is 1. The standard InChI is InChI=1S/C12H10BrNO2/c1-8(15)16-7-10-6-11(13)5-9-3-2-4-14-12(9)10/h2-6H,7H2,1H3. The van der Waals surface area contributed by atoms with Gasteiger partial charge in [0.25, 0.3) is 0 Å². The van der Waals surface area contributed by atoms with E-state index in [9.17, 15) is 4.79 Å². The van der Waals surface area contributed by atoms with E-state index >= 15 is 0 Å². The maximum atomic E-state index is 10.8. The number of nitrogens with zero attached hydrogens (tertiary/aromatic N) is 1. The number of rotatable bonds is 2. The molecule has 0 saturated heterocycles. The molecule has 0 aliphatic carbocycles. The zero-order chi connectivity index (χ0) is 11.5. The van der Waals surface area contributed by atoms with Crippen molar-refractivity contribution in [3.8, 4) is 0 Å². The summed E-state index contributed by atoms with van der Waals surface area (Å²) in [4.78, 5) is 15.1. The molecule has 0 bridgehead atoms. The molecule has 0 aliphatic heterocycles. The number of hydrogen-bond donors (Lipinski definition) is 0. The third-order valence-electron chi connectivity index (χ3n) is 2.18. The number of ether oxygens (including phenoxy) is 1. The summed E-state index contributed by atoms with van der Waals surface area (Å²) in [5, 5.41) is 1.03. The maximum absolute atomic E-state index is 10.8. The Balaban J connectivity index is 2.46. The van der Waals surface area contributed by atoms with Crippen molar-refractivity contribution in [3.63, 3.8) is 0 Å². The van der Waals surface area contributed by atoms with E-state index in [1.807, 2.05) is 24.3 Å². The van der Waals surface area contributed by atoms with Crippen LogP contribution in [0, 0.1) is 0 Å². The Morgan fingerprint density at radius 1 is 1.50 bits per heavy atom. The fourth-order valence-electron chi connectivity index (χ4n) is 1.52. The van der Waals surface area contributed by atoms with Gasteiger partial charge in [0.05, 0.1) is 5.52 Å². The van der Waals surface area contributed by atoms with Crippen molar-refractivity contribution < 1.29 is 9.53 Å². The first kappa shape index (κ1) is 11.1. The first-order valence-electron chi connectivity index (χ1n) is 4.83. The monoisotopic (exact) mass is 279 g/mol. The zero-order valence-electron chi connectivity index (χ0n) is 8.74. The third kappa shape index (κ3) is 2.39. The number of aromatic nitrogens is 1. The van der Waals surface area contributed by atoms with E-state index in [-0.39, 0.29) is 12.6 Å². The van der Waals surface area contributed by atoms with Crippen LogP contribution in [-0.2, 0) is 16.1 Å². The Hall–Kier alpha value is -1.42. The maximum Gasteiger partial charge on any atom is 0.302 e. The van der Waals surface area contributed by atoms with Crippen LogP contribution < -0.4 is 0 Å². The van der Waals surface area contributed by atoms with Gasteiger partial charge in [0.1, 0.15) is 6.61 Å². The molecular weight excluding hydrogens is 270 g/mol. The first-order valence-corrected chi connectivity index (χ1v) is 5.62. The van der Waals surface area contributed by atoms with Crippen molar-refractivity contribution in [3.05, 3.63) is 40.5 Å². The number of esters is 1. The molecule has 2 aromatic rings. The minimum Gasteiger partial charge on any atom is -0.461 e. The largest absolute Gasteiger partial charge is 0.461 e. The molecule has 1 aromatic heterocycles. The number of hydrogen-bond acceptors (Lipinski definition) is 3. The lowest BCUT2D eigenvalue weighted by Crippen LogP contribution is -2.00. The van der Waals surface area contributed by atoms with Crippen LogP contribution in [0.3, 0.4) is 0 Å². The van der Waals surface area contributed by atoms with E-state index in [0.29, 0.717) is 0 Å². The number of carbonyl (C=O) groups excluding carboxylic acids is 1. The lowest BCUT2D eigenvalue weighted by molar-refractivity contribution is -0.142. The molecule has 0 aliphatic rings. The average Bonchev–Trinajstić information content (AvgIpc) is 2.25. The van der Waals surface area contributed by atoms with Crippen LogP contribution in [0.1, 0.15) is 12.5 Å². The number of halogens is 1. The van der Waals surface area contributed by atoms with E-state index in [1.165, 1.54) is 6.92 Å². The van der Waals surface area contributed by atoms with Crippen molar-refractivity contribution in [2.75, 3.05) is 0 Å². The Morgan fingerprint density at radius 3 is 3.06 bits per heavy atom. The van der Waals surface area contributed by atoms with Crippen molar-refractivity contribution >= 4 is 32.8 Å². The summed E-state index contributed by atoms with van der Waals surface area (Å²) in [6.45, 7) is 1.65. The molecule has 1 heterocycles. The summed E-state index contributed by atoms with van der Waals surface area (Å²) in [6, 6.07) is 7.76. The van der Waals surface area contributed by atoms with Crippen LogP contribution >= 0.6 is 15.9 Å². The van der Waals surface area contributed by atoms with Crippen LogP contribution in [0.4, 0.5) is 0 Å². The van der Waals surface area contributed by atoms with Gasteiger partial charge in [-0.2, -0.15) is 0 Å². The SMILES string of the molecule is CC(=O)OCc1cc(Br)cc2cccnc12. The van der Waals surface area contributed by atoms with Gasteiger partial charge in [-0.25, -0.2) is 0 Å². The van der Waals surface area contributed by atoms with Crippen molar-refractivity contribution in [1.29, 1.82) is 0 Å². The highest BCUT2D eigenvalue weighted by Crippen LogP contribution is 2.23. The zero-order valence-corrected chi connectivity index (χ0v) is 10.3. The molecule has 0 N–H and O–H groups in total. The fourth-order valence-corrected chi connectivity index (χ4v) is 2.04. The van der Waals surface area contributed by atoms with E-state index in [0.717, 1.165) is 20.9 Å². The lowest BCUT2D eigenvalue weighted by atomic mass is 10.1. The van der Waals surface area contributed by atoms with Crippen molar-refractivity contribution in [1.82, 2.24) is 4.98 Å². The summed E-state index contributed by atoms with van der Waals surface area (Å²) in [5.74, 6) is -0.288. The van der Waals surface area contributed by atoms with Crippen LogP contribution in [0.15, 0.2) is 34.9 Å². The molecule has 0 fully saturated rings. The molecular formula is C12H10BrNO2. The molecule has 3 nitrogen and oxygen atoms in total. The topological polar surface area (TPSA) is 39.2 Å². The van der Waals surface area contributed by atoms with Crippen LogP contribution in [0.25, 0.3) is 10.9 Å². The summed E-state index contributed by atoms with van der Waals surface area (Å²) in [5.41, 5.74) is 1.77. The summed E-state index contributed by atoms with van der Waals surface area (Å²) in [7, 11) is 0. The van der Waals surface area contributed by atoms with Crippen molar-refractivity contribution in [2.24, 2.45) is 0 Å². The molecule has 16 heavy (non-hydrogen) atoms. The Bertz CT molecular complexity index is 540. The Morgan fingerprint density at radius 2 is 2.31 bits per heavy atom. The number of carbonyl (C=O) groups is 1. The quantitative estimate of drug-likeness (QED) is 0.794. The molecule has 0 unspecified atom stereocenters. The summed E-state index contributed by atoms with van der Waals surface area (Å²) < 4.78 is 5.95.